The van der Waals surface area contributed by atoms with E-state index < -0.39 is 11.6 Å². The van der Waals surface area contributed by atoms with Crippen LogP contribution >= 0.6 is 11.3 Å². The van der Waals surface area contributed by atoms with Gasteiger partial charge in [0.1, 0.15) is 11.6 Å². The largest absolute Gasteiger partial charge is 0.333 e. The van der Waals surface area contributed by atoms with Crippen molar-refractivity contribution in [3.8, 4) is 17.1 Å². The molecule has 4 aromatic carbocycles. The predicted octanol–water partition coefficient (Wildman–Crippen LogP) is 9.38. The predicted molar refractivity (Wildman–Crippen MR) is 146 cm³/mol. The number of rotatable bonds is 4. The molecule has 0 amide bonds. The number of para-hydroxylation sites is 3. The van der Waals surface area contributed by atoms with Crippen molar-refractivity contribution in [2.45, 2.75) is 39.5 Å². The second-order valence-corrected chi connectivity index (χ2v) is 10.8. The van der Waals surface area contributed by atoms with E-state index in [1.54, 1.807) is 0 Å². The van der Waals surface area contributed by atoms with Crippen molar-refractivity contribution >= 4 is 42.5 Å². The van der Waals surface area contributed by atoms with Crippen molar-refractivity contribution in [2.24, 2.45) is 0 Å². The van der Waals surface area contributed by atoms with Gasteiger partial charge in [-0.25, -0.2) is 8.78 Å². The van der Waals surface area contributed by atoms with E-state index in [2.05, 4.69) is 62.6 Å². The van der Waals surface area contributed by atoms with E-state index >= 15 is 0 Å². The molecule has 6 aromatic rings. The van der Waals surface area contributed by atoms with Gasteiger partial charge in [0.05, 0.1) is 21.6 Å². The third-order valence-corrected chi connectivity index (χ3v) is 8.05. The minimum absolute atomic E-state index is 0. The number of thiophene rings is 1. The number of hydrogen-bond acceptors (Lipinski definition) is 2. The van der Waals surface area contributed by atoms with Crippen LogP contribution in [0, 0.1) is 17.7 Å². The molecule has 2 nitrogen and oxygen atoms in total. The first-order valence-corrected chi connectivity index (χ1v) is 13.0. The standard InChI is InChI=1S/C31H25F2N2S.Ir/c1-17(2)20-9-7-10-21(18(3)4)28(20)35-27-14-6-5-13-26(27)34-31(35)23-12-8-11-22-24-15-19(32)16-25(33)30(24)36-29(22)23;/h5-11,13-18H,1-4H3;/q-1;. The molecule has 0 saturated heterocycles. The Kier molecular flexibility index (Phi) is 6.78. The summed E-state index contributed by atoms with van der Waals surface area (Å²) in [5.74, 6) is 0.235. The zero-order valence-corrected chi connectivity index (χ0v) is 24.1. The zero-order chi connectivity index (χ0) is 25.1. The minimum Gasteiger partial charge on any atom is -0.333 e. The van der Waals surface area contributed by atoms with Crippen LogP contribution in [0.3, 0.4) is 0 Å². The summed E-state index contributed by atoms with van der Waals surface area (Å²) in [6.45, 7) is 8.82. The maximum atomic E-state index is 14.8. The molecule has 0 fully saturated rings. The maximum absolute atomic E-state index is 14.8. The molecule has 189 valence electrons. The van der Waals surface area contributed by atoms with Crippen LogP contribution in [0.15, 0.2) is 66.7 Å². The van der Waals surface area contributed by atoms with E-state index in [0.29, 0.717) is 21.9 Å². The zero-order valence-electron chi connectivity index (χ0n) is 20.9. The number of imidazole rings is 1. The van der Waals surface area contributed by atoms with Crippen molar-refractivity contribution in [1.82, 2.24) is 9.55 Å². The summed E-state index contributed by atoms with van der Waals surface area (Å²) >= 11 is 1.33. The van der Waals surface area contributed by atoms with Crippen molar-refractivity contribution in [2.75, 3.05) is 0 Å². The van der Waals surface area contributed by atoms with Crippen molar-refractivity contribution < 1.29 is 28.9 Å². The Labute approximate surface area is 232 Å². The first-order chi connectivity index (χ1) is 17.3. The number of fused-ring (bicyclic) bond motifs is 4. The van der Waals surface area contributed by atoms with Crippen LogP contribution < -0.4 is 0 Å². The van der Waals surface area contributed by atoms with Gasteiger partial charge in [-0.3, -0.25) is 4.98 Å². The Morgan fingerprint density at radius 1 is 0.838 bits per heavy atom. The molecule has 6 heteroatoms. The fourth-order valence-corrected chi connectivity index (χ4v) is 6.30. The molecule has 1 radical (unpaired) electrons. The summed E-state index contributed by atoms with van der Waals surface area (Å²) in [5.41, 5.74) is 6.29. The fourth-order valence-electron chi connectivity index (χ4n) is 5.12. The van der Waals surface area contributed by atoms with E-state index in [1.807, 2.05) is 30.3 Å². The SMILES string of the molecule is CC(C)c1cccc(C(C)C)c1-n1c(-c2[c-]ccc3c2sc2c(F)cc(F)cc23)nc2ccccc21.[Ir]. The van der Waals surface area contributed by atoms with Crippen LogP contribution in [-0.4, -0.2) is 9.55 Å². The average Bonchev–Trinajstić information content (AvgIpc) is 3.42. The van der Waals surface area contributed by atoms with Gasteiger partial charge in [0.15, 0.2) is 0 Å². The van der Waals surface area contributed by atoms with Crippen LogP contribution in [0.1, 0.15) is 50.7 Å². The van der Waals surface area contributed by atoms with E-state index in [-0.39, 0.29) is 20.1 Å². The van der Waals surface area contributed by atoms with Crippen LogP contribution in [-0.2, 0) is 20.1 Å². The Morgan fingerprint density at radius 3 is 2.24 bits per heavy atom. The van der Waals surface area contributed by atoms with Crippen molar-refractivity contribution in [3.63, 3.8) is 0 Å². The molecule has 0 aliphatic carbocycles. The van der Waals surface area contributed by atoms with Gasteiger partial charge in [-0.05, 0) is 51.2 Å². The van der Waals surface area contributed by atoms with Crippen LogP contribution in [0.2, 0.25) is 0 Å². The summed E-state index contributed by atoms with van der Waals surface area (Å²) in [5, 5.41) is 1.39. The molecule has 2 aromatic heterocycles. The normalized spacial score (nSPS) is 11.8. The topological polar surface area (TPSA) is 17.8 Å². The summed E-state index contributed by atoms with van der Waals surface area (Å²) in [7, 11) is 0. The molecule has 0 bridgehead atoms. The molecule has 0 aliphatic heterocycles. The molecule has 2 heterocycles. The Bertz CT molecular complexity index is 1760. The molecule has 0 unspecified atom stereocenters. The summed E-state index contributed by atoms with van der Waals surface area (Å²) in [4.78, 5) is 5.09. The molecule has 0 N–H and O–H groups in total. The summed E-state index contributed by atoms with van der Waals surface area (Å²) in [6, 6.07) is 24.1. The van der Waals surface area contributed by atoms with E-state index in [4.69, 9.17) is 4.98 Å². The third-order valence-electron chi connectivity index (χ3n) is 6.80. The Balaban J connectivity index is 0.00000280. The average molecular weight is 688 g/mol. The number of halogens is 2. The van der Waals surface area contributed by atoms with Gasteiger partial charge < -0.3 is 4.57 Å². The Morgan fingerprint density at radius 2 is 1.54 bits per heavy atom. The van der Waals surface area contributed by atoms with Crippen LogP contribution in [0.25, 0.3) is 48.3 Å². The first-order valence-electron chi connectivity index (χ1n) is 12.2. The number of hydrogen-bond donors (Lipinski definition) is 0. The van der Waals surface area contributed by atoms with Crippen LogP contribution in [0.5, 0.6) is 0 Å². The molecule has 0 saturated carbocycles. The van der Waals surface area contributed by atoms with Gasteiger partial charge in [0, 0.05) is 31.9 Å². The van der Waals surface area contributed by atoms with Gasteiger partial charge in [0.25, 0.3) is 0 Å². The first kappa shape index (κ1) is 25.7. The number of benzene rings is 4. The van der Waals surface area contributed by atoms with Gasteiger partial charge in [0.2, 0.25) is 0 Å². The molecule has 0 aliphatic rings. The molecule has 37 heavy (non-hydrogen) atoms. The van der Waals surface area contributed by atoms with E-state index in [1.165, 1.54) is 28.5 Å². The molecule has 0 atom stereocenters. The number of aromatic nitrogens is 2. The monoisotopic (exact) mass is 688 g/mol. The molecule has 0 spiro atoms. The second kappa shape index (κ2) is 9.75. The van der Waals surface area contributed by atoms with Gasteiger partial charge in [-0.15, -0.1) is 18.2 Å². The quantitative estimate of drug-likeness (QED) is 0.169. The molecular formula is C31H25F2IrN2S-. The molecular weight excluding hydrogens is 663 g/mol. The number of nitrogens with zero attached hydrogens (tertiary/aromatic N) is 2. The van der Waals surface area contributed by atoms with Crippen molar-refractivity contribution in [3.05, 3.63) is 95.6 Å². The Hall–Kier alpha value is -2.92. The minimum atomic E-state index is -0.575. The van der Waals surface area contributed by atoms with Gasteiger partial charge in [-0.1, -0.05) is 69.0 Å². The second-order valence-electron chi connectivity index (χ2n) is 9.82. The van der Waals surface area contributed by atoms with E-state index in [9.17, 15) is 8.78 Å². The van der Waals surface area contributed by atoms with Gasteiger partial charge in [-0.2, -0.15) is 11.3 Å². The van der Waals surface area contributed by atoms with Crippen molar-refractivity contribution in [1.29, 1.82) is 0 Å². The summed E-state index contributed by atoms with van der Waals surface area (Å²) < 4.78 is 32.4. The smallest absolute Gasteiger partial charge is 0.143 e. The van der Waals surface area contributed by atoms with Crippen LogP contribution in [0.4, 0.5) is 8.78 Å². The maximum Gasteiger partial charge on any atom is 0.143 e. The summed E-state index contributed by atoms with van der Waals surface area (Å²) in [6.07, 6.45) is 0. The van der Waals surface area contributed by atoms with E-state index in [0.717, 1.165) is 44.3 Å². The molecule has 6 rings (SSSR count). The third kappa shape index (κ3) is 4.12. The van der Waals surface area contributed by atoms with Gasteiger partial charge >= 0.3 is 0 Å². The fraction of sp³-hybridized carbons (Fsp3) is 0.194.